The van der Waals surface area contributed by atoms with Crippen LogP contribution in [-0.4, -0.2) is 172 Å². The molecule has 6 atom stereocenters. The molecule has 0 saturated heterocycles. The molecule has 0 aromatic rings. The van der Waals surface area contributed by atoms with Gasteiger partial charge >= 0.3 is 47.8 Å². The van der Waals surface area contributed by atoms with Crippen LogP contribution in [0.2, 0.25) is 0 Å². The fourth-order valence-electron chi connectivity index (χ4n) is 5.89. The third-order valence-electron chi connectivity index (χ3n) is 8.95. The van der Waals surface area contributed by atoms with E-state index in [1.165, 1.54) is 55.4 Å². The van der Waals surface area contributed by atoms with E-state index < -0.39 is 171 Å². The Balaban J connectivity index is 6.83. The van der Waals surface area contributed by atoms with Crippen LogP contribution >= 0.6 is 0 Å². The van der Waals surface area contributed by atoms with Gasteiger partial charge in [-0.05, 0) is 55.4 Å². The summed E-state index contributed by atoms with van der Waals surface area (Å²) in [6.45, 7) is 10.7. The highest BCUT2D eigenvalue weighted by Gasteiger charge is 2.35. The van der Waals surface area contributed by atoms with E-state index in [2.05, 4.69) is 31.9 Å². The largest absolute Gasteiger partial charge is 0.466 e. The molecule has 6 amide bonds. The number of hydrogen-bond acceptors (Lipinski definition) is 22. The zero-order valence-electron chi connectivity index (χ0n) is 41.8. The fourth-order valence-corrected chi connectivity index (χ4v) is 5.89. The van der Waals surface area contributed by atoms with E-state index in [1.807, 2.05) is 0 Å². The molecule has 0 heterocycles. The predicted octanol–water partition coefficient (Wildman–Crippen LogP) is -2.48. The summed E-state index contributed by atoms with van der Waals surface area (Å²) >= 11 is 0. The molecule has 0 radical (unpaired) electrons. The number of ether oxygens (including phenoxy) is 8. The number of esters is 8. The molecule has 0 rings (SSSR count). The van der Waals surface area contributed by atoms with Crippen molar-refractivity contribution in [2.45, 2.75) is 143 Å². The molecule has 0 fully saturated rings. The standard InChI is InChI=1S/C44H68N6O22/c1-9-65-35(55)21-27(41(61)69-13-5)47-33(53)19-25(39(59)49-29(43(63)71-15-7)23-37(57)67-11-3)45-31(51)17-18-32(52)46-26(40(60)50-30(44(64)72-16-8)24-38(58)68-12-4)20-34(54)48-28(42(62)70-14-6)22-36(56)66-10-2/h25-30H,9-24H2,1-8H3,(H,45,51)(H,46,52)(H,47,53)(H,48,54)(H,49,59)(H,50,60)/t25-,26-,27-,28-,29-,30-/m0/s1. The van der Waals surface area contributed by atoms with Gasteiger partial charge in [0.25, 0.3) is 0 Å². The van der Waals surface area contributed by atoms with Crippen molar-refractivity contribution in [3.8, 4) is 0 Å². The molecular weight excluding hydrogens is 965 g/mol. The summed E-state index contributed by atoms with van der Waals surface area (Å²) in [6, 6.07) is -10.6. The van der Waals surface area contributed by atoms with Gasteiger partial charge in [0.05, 0.1) is 91.4 Å². The van der Waals surface area contributed by atoms with Gasteiger partial charge in [-0.3, -0.25) is 47.9 Å². The summed E-state index contributed by atoms with van der Waals surface area (Å²) in [5, 5.41) is 13.3. The van der Waals surface area contributed by atoms with Gasteiger partial charge in [-0.2, -0.15) is 0 Å². The average molecular weight is 1030 g/mol. The summed E-state index contributed by atoms with van der Waals surface area (Å²) in [4.78, 5) is 181. The lowest BCUT2D eigenvalue weighted by Crippen LogP contribution is -2.55. The Hall–Kier alpha value is -7.42. The normalized spacial score (nSPS) is 12.9. The van der Waals surface area contributed by atoms with Gasteiger partial charge in [0.15, 0.2) is 0 Å². The van der Waals surface area contributed by atoms with Crippen molar-refractivity contribution >= 4 is 83.2 Å². The Labute approximate surface area is 415 Å². The van der Waals surface area contributed by atoms with Gasteiger partial charge in [-0.15, -0.1) is 0 Å². The number of rotatable bonds is 35. The third-order valence-corrected chi connectivity index (χ3v) is 8.95. The first-order valence-electron chi connectivity index (χ1n) is 23.2. The SMILES string of the molecule is CCOC(=O)C[C@H](NC(=O)C[C@H](NC(=O)CCC(=O)N[C@@H](CC(=O)N[C@@H](CC(=O)OCC)C(=O)OCC)C(=O)N[C@@H](CC(=O)OCC)C(=O)OCC)C(=O)N[C@@H](CC(=O)OCC)C(=O)OCC)C(=O)OCC. The van der Waals surface area contributed by atoms with Gasteiger partial charge in [0, 0.05) is 12.8 Å². The van der Waals surface area contributed by atoms with E-state index in [0.717, 1.165) is 0 Å². The predicted molar refractivity (Wildman–Crippen MR) is 242 cm³/mol. The molecule has 0 aromatic heterocycles. The van der Waals surface area contributed by atoms with Gasteiger partial charge in [-0.1, -0.05) is 0 Å². The van der Waals surface area contributed by atoms with Crippen molar-refractivity contribution in [2.75, 3.05) is 52.9 Å². The maximum Gasteiger partial charge on any atom is 0.329 e. The highest BCUT2D eigenvalue weighted by atomic mass is 16.6. The van der Waals surface area contributed by atoms with Crippen LogP contribution in [0.5, 0.6) is 0 Å². The van der Waals surface area contributed by atoms with Gasteiger partial charge in [-0.25, -0.2) is 19.2 Å². The Bertz CT molecular complexity index is 1760. The van der Waals surface area contributed by atoms with Gasteiger partial charge in [0.1, 0.15) is 36.3 Å². The smallest absolute Gasteiger partial charge is 0.329 e. The lowest BCUT2D eigenvalue weighted by Gasteiger charge is -2.24. The van der Waals surface area contributed by atoms with Crippen molar-refractivity contribution < 1.29 is 105 Å². The lowest BCUT2D eigenvalue weighted by atomic mass is 10.1. The minimum Gasteiger partial charge on any atom is -0.466 e. The average Bonchev–Trinajstić information content (AvgIpc) is 3.30. The van der Waals surface area contributed by atoms with E-state index in [1.54, 1.807) is 0 Å². The molecule has 0 aliphatic carbocycles. The molecule has 0 unspecified atom stereocenters. The fraction of sp³-hybridized carbons (Fsp3) is 0.682. The van der Waals surface area contributed by atoms with Crippen molar-refractivity contribution in [2.24, 2.45) is 0 Å². The number of nitrogens with one attached hydrogen (secondary N) is 6. The summed E-state index contributed by atoms with van der Waals surface area (Å²) in [6.07, 6.45) is -6.53. The van der Waals surface area contributed by atoms with Crippen LogP contribution in [0, 0.1) is 0 Å². The van der Waals surface area contributed by atoms with Crippen molar-refractivity contribution in [3.63, 3.8) is 0 Å². The highest BCUT2D eigenvalue weighted by Crippen LogP contribution is 2.08. The van der Waals surface area contributed by atoms with Gasteiger partial charge in [0.2, 0.25) is 35.4 Å². The van der Waals surface area contributed by atoms with Crippen molar-refractivity contribution in [1.29, 1.82) is 0 Å². The Kier molecular flexibility index (Phi) is 32.7. The molecule has 0 aliphatic rings. The second-order valence-corrected chi connectivity index (χ2v) is 14.6. The Morgan fingerprint density at radius 2 is 0.472 bits per heavy atom. The maximum atomic E-state index is 13.7. The summed E-state index contributed by atoms with van der Waals surface area (Å²) in [5.41, 5.74) is 0. The molecule has 0 saturated carbocycles. The molecule has 0 bridgehead atoms. The highest BCUT2D eigenvalue weighted by molar-refractivity contribution is 5.98. The van der Waals surface area contributed by atoms with Crippen molar-refractivity contribution in [1.82, 2.24) is 31.9 Å². The molecule has 28 nitrogen and oxygen atoms in total. The molecule has 28 heteroatoms. The van der Waals surface area contributed by atoms with Gasteiger partial charge < -0.3 is 69.8 Å². The quantitative estimate of drug-likeness (QED) is 0.0283. The van der Waals surface area contributed by atoms with E-state index in [-0.39, 0.29) is 52.9 Å². The molecule has 0 spiro atoms. The molecule has 0 aromatic carbocycles. The van der Waals surface area contributed by atoms with Crippen molar-refractivity contribution in [3.05, 3.63) is 0 Å². The van der Waals surface area contributed by atoms with Crippen LogP contribution in [0.1, 0.15) is 107 Å². The molecule has 72 heavy (non-hydrogen) atoms. The summed E-state index contributed by atoms with van der Waals surface area (Å²) in [7, 11) is 0. The zero-order valence-corrected chi connectivity index (χ0v) is 41.8. The number of carbonyl (C=O) groups excluding carboxylic acids is 14. The third kappa shape index (κ3) is 27.1. The molecule has 6 N–H and O–H groups in total. The first-order valence-corrected chi connectivity index (χ1v) is 23.2. The van der Waals surface area contributed by atoms with Crippen LogP contribution in [0.15, 0.2) is 0 Å². The van der Waals surface area contributed by atoms with Crippen LogP contribution in [0.25, 0.3) is 0 Å². The van der Waals surface area contributed by atoms with E-state index >= 15 is 0 Å². The van der Waals surface area contributed by atoms with E-state index in [0.29, 0.717) is 0 Å². The van der Waals surface area contributed by atoms with Crippen LogP contribution in [-0.2, 0) is 105 Å². The monoisotopic (exact) mass is 1030 g/mol. The van der Waals surface area contributed by atoms with E-state index in [9.17, 15) is 67.1 Å². The minimum atomic E-state index is -1.94. The summed E-state index contributed by atoms with van der Waals surface area (Å²) in [5.74, 6) is -15.0. The summed E-state index contributed by atoms with van der Waals surface area (Å²) < 4.78 is 39.2. The second-order valence-electron chi connectivity index (χ2n) is 14.6. The first kappa shape index (κ1) is 64.6. The maximum absolute atomic E-state index is 13.7. The molecule has 0 aliphatic heterocycles. The lowest BCUT2D eigenvalue weighted by molar-refractivity contribution is -0.154. The Morgan fingerprint density at radius 1 is 0.264 bits per heavy atom. The number of hydrogen-bond donors (Lipinski definition) is 6. The zero-order chi connectivity index (χ0) is 54.8. The number of carbonyl (C=O) groups is 14. The topological polar surface area (TPSA) is 385 Å². The van der Waals surface area contributed by atoms with Crippen LogP contribution in [0.3, 0.4) is 0 Å². The Morgan fingerprint density at radius 3 is 0.694 bits per heavy atom. The minimum absolute atomic E-state index is 0.0750. The van der Waals surface area contributed by atoms with Crippen LogP contribution in [0.4, 0.5) is 0 Å². The molecule has 406 valence electrons. The number of amides is 6. The molecular formula is C44H68N6O22. The van der Waals surface area contributed by atoms with Crippen LogP contribution < -0.4 is 31.9 Å². The second kappa shape index (κ2) is 36.5. The first-order chi connectivity index (χ1) is 34.1. The van der Waals surface area contributed by atoms with E-state index in [4.69, 9.17) is 37.9 Å².